The highest BCUT2D eigenvalue weighted by Crippen LogP contribution is 2.27. The molecule has 0 bridgehead atoms. The zero-order valence-electron chi connectivity index (χ0n) is 7.57. The van der Waals surface area contributed by atoms with Gasteiger partial charge in [-0.15, -0.1) is 12.6 Å². The summed E-state index contributed by atoms with van der Waals surface area (Å²) >= 11 is 4.34. The fraction of sp³-hybridized carbons (Fsp3) is 0.455. The van der Waals surface area contributed by atoms with Gasteiger partial charge in [-0.3, -0.25) is 0 Å². The van der Waals surface area contributed by atoms with Gasteiger partial charge in [0.2, 0.25) is 0 Å². The Kier molecular flexibility index (Phi) is 2.91. The van der Waals surface area contributed by atoms with Gasteiger partial charge in [-0.2, -0.15) is 0 Å². The van der Waals surface area contributed by atoms with Crippen molar-refractivity contribution in [2.45, 2.75) is 23.7 Å². The monoisotopic (exact) mass is 194 g/mol. The van der Waals surface area contributed by atoms with E-state index in [1.807, 2.05) is 6.07 Å². The van der Waals surface area contributed by atoms with Crippen molar-refractivity contribution in [3.63, 3.8) is 0 Å². The standard InChI is InChI=1S/C11H14OS/c13-11-3-1-2-10(8-11)9-4-6-12-7-5-9/h1-3,8-9,13H,4-7H2. The molecule has 2 rings (SSSR count). The van der Waals surface area contributed by atoms with Gasteiger partial charge in [-0.05, 0) is 36.5 Å². The minimum absolute atomic E-state index is 0.681. The van der Waals surface area contributed by atoms with E-state index in [0.717, 1.165) is 31.0 Å². The lowest BCUT2D eigenvalue weighted by Gasteiger charge is -2.22. The molecule has 0 radical (unpaired) electrons. The van der Waals surface area contributed by atoms with Crippen molar-refractivity contribution >= 4 is 12.6 Å². The highest BCUT2D eigenvalue weighted by atomic mass is 32.1. The Bertz CT molecular complexity index is 279. The molecule has 13 heavy (non-hydrogen) atoms. The third-order valence-electron chi connectivity index (χ3n) is 2.56. The second-order valence-electron chi connectivity index (χ2n) is 3.48. The molecule has 0 aliphatic carbocycles. The van der Waals surface area contributed by atoms with Gasteiger partial charge in [0.25, 0.3) is 0 Å². The molecule has 1 aromatic rings. The smallest absolute Gasteiger partial charge is 0.0471 e. The first kappa shape index (κ1) is 9.10. The molecule has 0 unspecified atom stereocenters. The highest BCUT2D eigenvalue weighted by Gasteiger charge is 2.15. The first-order chi connectivity index (χ1) is 6.36. The average Bonchev–Trinajstić information content (AvgIpc) is 2.19. The zero-order chi connectivity index (χ0) is 9.10. The lowest BCUT2D eigenvalue weighted by molar-refractivity contribution is 0.0853. The molecular formula is C11H14OS. The SMILES string of the molecule is Sc1cccc(C2CCOCC2)c1. The van der Waals surface area contributed by atoms with Crippen molar-refractivity contribution in [2.24, 2.45) is 0 Å². The van der Waals surface area contributed by atoms with Crippen LogP contribution in [-0.2, 0) is 4.74 Å². The molecule has 1 saturated heterocycles. The van der Waals surface area contributed by atoms with Crippen molar-refractivity contribution in [1.82, 2.24) is 0 Å². The van der Waals surface area contributed by atoms with Crippen LogP contribution in [0.4, 0.5) is 0 Å². The maximum atomic E-state index is 5.33. The van der Waals surface area contributed by atoms with Crippen LogP contribution in [0.25, 0.3) is 0 Å². The van der Waals surface area contributed by atoms with Crippen LogP contribution in [0.2, 0.25) is 0 Å². The molecule has 70 valence electrons. The topological polar surface area (TPSA) is 9.23 Å². The van der Waals surface area contributed by atoms with E-state index < -0.39 is 0 Å². The summed E-state index contributed by atoms with van der Waals surface area (Å²) in [5, 5.41) is 0. The van der Waals surface area contributed by atoms with Crippen LogP contribution >= 0.6 is 12.6 Å². The lowest BCUT2D eigenvalue weighted by Crippen LogP contribution is -2.13. The second kappa shape index (κ2) is 4.16. The summed E-state index contributed by atoms with van der Waals surface area (Å²) in [6.45, 7) is 1.81. The van der Waals surface area contributed by atoms with Gasteiger partial charge in [0.15, 0.2) is 0 Å². The fourth-order valence-corrected chi connectivity index (χ4v) is 2.04. The molecule has 1 aliphatic rings. The molecule has 2 heteroatoms. The van der Waals surface area contributed by atoms with E-state index >= 15 is 0 Å². The van der Waals surface area contributed by atoms with Crippen LogP contribution in [0, 0.1) is 0 Å². The second-order valence-corrected chi connectivity index (χ2v) is 4.00. The van der Waals surface area contributed by atoms with E-state index in [4.69, 9.17) is 4.74 Å². The number of hydrogen-bond acceptors (Lipinski definition) is 2. The Hall–Kier alpha value is -0.470. The van der Waals surface area contributed by atoms with Gasteiger partial charge in [-0.1, -0.05) is 12.1 Å². The van der Waals surface area contributed by atoms with Gasteiger partial charge in [0, 0.05) is 18.1 Å². The molecule has 0 spiro atoms. The largest absolute Gasteiger partial charge is 0.381 e. The van der Waals surface area contributed by atoms with Crippen LogP contribution in [-0.4, -0.2) is 13.2 Å². The Morgan fingerprint density at radius 3 is 2.69 bits per heavy atom. The third kappa shape index (κ3) is 2.26. The van der Waals surface area contributed by atoms with Crippen molar-refractivity contribution in [1.29, 1.82) is 0 Å². The maximum Gasteiger partial charge on any atom is 0.0471 e. The number of rotatable bonds is 1. The predicted octanol–water partition coefficient (Wildman–Crippen LogP) is 2.87. The molecule has 1 fully saturated rings. The molecular weight excluding hydrogens is 180 g/mol. The highest BCUT2D eigenvalue weighted by molar-refractivity contribution is 7.80. The van der Waals surface area contributed by atoms with Crippen LogP contribution in [0.1, 0.15) is 24.3 Å². The maximum absolute atomic E-state index is 5.33. The quantitative estimate of drug-likeness (QED) is 0.676. The molecule has 1 heterocycles. The summed E-state index contributed by atoms with van der Waals surface area (Å²) in [4.78, 5) is 1.06. The van der Waals surface area contributed by atoms with Gasteiger partial charge in [0.1, 0.15) is 0 Å². The van der Waals surface area contributed by atoms with Gasteiger partial charge < -0.3 is 4.74 Å². The molecule has 0 amide bonds. The molecule has 1 nitrogen and oxygen atoms in total. The van der Waals surface area contributed by atoms with Crippen molar-refractivity contribution in [3.05, 3.63) is 29.8 Å². The Labute approximate surface area is 84.5 Å². The summed E-state index contributed by atoms with van der Waals surface area (Å²) in [6.07, 6.45) is 2.30. The average molecular weight is 194 g/mol. The normalized spacial score (nSPS) is 18.8. The minimum Gasteiger partial charge on any atom is -0.381 e. The number of thiol groups is 1. The van der Waals surface area contributed by atoms with E-state index in [2.05, 4.69) is 30.8 Å². The Balaban J connectivity index is 2.14. The minimum atomic E-state index is 0.681. The molecule has 0 N–H and O–H groups in total. The van der Waals surface area contributed by atoms with Gasteiger partial charge >= 0.3 is 0 Å². The lowest BCUT2D eigenvalue weighted by atomic mass is 9.92. The first-order valence-electron chi connectivity index (χ1n) is 4.73. The summed E-state index contributed by atoms with van der Waals surface area (Å²) in [7, 11) is 0. The van der Waals surface area contributed by atoms with Gasteiger partial charge in [0.05, 0.1) is 0 Å². The van der Waals surface area contributed by atoms with Crippen LogP contribution in [0.15, 0.2) is 29.2 Å². The molecule has 1 aliphatic heterocycles. The molecule has 0 saturated carbocycles. The third-order valence-corrected chi connectivity index (χ3v) is 2.84. The predicted molar refractivity (Wildman–Crippen MR) is 56.5 cm³/mol. The Morgan fingerprint density at radius 1 is 1.23 bits per heavy atom. The van der Waals surface area contributed by atoms with Crippen LogP contribution in [0.3, 0.4) is 0 Å². The number of benzene rings is 1. The van der Waals surface area contributed by atoms with E-state index in [9.17, 15) is 0 Å². The fourth-order valence-electron chi connectivity index (χ4n) is 1.81. The first-order valence-corrected chi connectivity index (χ1v) is 5.17. The van der Waals surface area contributed by atoms with Crippen molar-refractivity contribution in [3.8, 4) is 0 Å². The van der Waals surface area contributed by atoms with Crippen molar-refractivity contribution < 1.29 is 4.74 Å². The summed E-state index contributed by atoms with van der Waals surface area (Å²) in [6, 6.07) is 8.45. The van der Waals surface area contributed by atoms with Gasteiger partial charge in [-0.25, -0.2) is 0 Å². The van der Waals surface area contributed by atoms with Crippen molar-refractivity contribution in [2.75, 3.05) is 13.2 Å². The van der Waals surface area contributed by atoms with Crippen LogP contribution < -0.4 is 0 Å². The summed E-state index contributed by atoms with van der Waals surface area (Å²) in [5.74, 6) is 0.681. The molecule has 1 aromatic carbocycles. The van der Waals surface area contributed by atoms with Crippen LogP contribution in [0.5, 0.6) is 0 Å². The van der Waals surface area contributed by atoms with E-state index in [1.54, 1.807) is 0 Å². The molecule has 0 atom stereocenters. The molecule has 0 aromatic heterocycles. The van der Waals surface area contributed by atoms with E-state index in [0.29, 0.717) is 5.92 Å². The number of ether oxygens (including phenoxy) is 1. The Morgan fingerprint density at radius 2 is 2.00 bits per heavy atom. The summed E-state index contributed by atoms with van der Waals surface area (Å²) < 4.78 is 5.33. The summed E-state index contributed by atoms with van der Waals surface area (Å²) in [5.41, 5.74) is 1.41. The zero-order valence-corrected chi connectivity index (χ0v) is 8.47. The number of hydrogen-bond donors (Lipinski definition) is 1. The van der Waals surface area contributed by atoms with E-state index in [1.165, 1.54) is 5.56 Å². The van der Waals surface area contributed by atoms with E-state index in [-0.39, 0.29) is 0 Å².